The third-order valence-electron chi connectivity index (χ3n) is 3.67. The molecular weight excluding hydrogens is 310 g/mol. The molecule has 1 aromatic carbocycles. The maximum absolute atomic E-state index is 11.9. The Bertz CT molecular complexity index is 756. The van der Waals surface area contributed by atoms with Gasteiger partial charge in [0.15, 0.2) is 0 Å². The molecule has 2 aromatic rings. The van der Waals surface area contributed by atoms with E-state index in [1.165, 1.54) is 11.1 Å². The van der Waals surface area contributed by atoms with Gasteiger partial charge in [-0.3, -0.25) is 4.72 Å². The Morgan fingerprint density at radius 3 is 2.57 bits per heavy atom. The number of anilines is 3. The lowest BCUT2D eigenvalue weighted by molar-refractivity contribution is 0.597. The number of unbranched alkanes of at least 4 members (excludes halogenated alkanes) is 1. The molecular formula is C17H23N3O2S. The molecule has 0 spiro atoms. The highest BCUT2D eigenvalue weighted by atomic mass is 32.2. The Hall–Kier alpha value is -2.08. The van der Waals surface area contributed by atoms with Crippen LogP contribution in [0.25, 0.3) is 0 Å². The van der Waals surface area contributed by atoms with Crippen molar-refractivity contribution in [2.45, 2.75) is 33.6 Å². The SMILES string of the molecule is CCCCS(=O)(=O)Nc1ccc(Nc2cccc(C)c2C)cn1. The van der Waals surface area contributed by atoms with Crippen LogP contribution >= 0.6 is 0 Å². The molecule has 5 nitrogen and oxygen atoms in total. The topological polar surface area (TPSA) is 71.1 Å². The van der Waals surface area contributed by atoms with Crippen molar-refractivity contribution < 1.29 is 8.42 Å². The zero-order valence-corrected chi connectivity index (χ0v) is 14.6. The summed E-state index contributed by atoms with van der Waals surface area (Å²) in [5, 5.41) is 3.30. The molecule has 2 rings (SSSR count). The van der Waals surface area contributed by atoms with Crippen LogP contribution in [0.2, 0.25) is 0 Å². The van der Waals surface area contributed by atoms with Crippen LogP contribution < -0.4 is 10.0 Å². The first-order valence-electron chi connectivity index (χ1n) is 7.71. The minimum absolute atomic E-state index is 0.119. The fraction of sp³-hybridized carbons (Fsp3) is 0.353. The van der Waals surface area contributed by atoms with E-state index in [9.17, 15) is 8.42 Å². The molecule has 0 saturated heterocycles. The van der Waals surface area contributed by atoms with E-state index in [-0.39, 0.29) is 5.75 Å². The van der Waals surface area contributed by atoms with E-state index < -0.39 is 10.0 Å². The summed E-state index contributed by atoms with van der Waals surface area (Å²) in [5.74, 6) is 0.459. The Kier molecular flexibility index (Phi) is 5.60. The maximum Gasteiger partial charge on any atom is 0.233 e. The maximum atomic E-state index is 11.9. The summed E-state index contributed by atoms with van der Waals surface area (Å²) in [6.07, 6.45) is 3.11. The summed E-state index contributed by atoms with van der Waals surface area (Å²) in [6, 6.07) is 9.54. The molecule has 0 saturated carbocycles. The lowest BCUT2D eigenvalue weighted by Crippen LogP contribution is -2.17. The molecule has 6 heteroatoms. The Morgan fingerprint density at radius 2 is 1.91 bits per heavy atom. The number of benzene rings is 1. The number of nitrogens with zero attached hydrogens (tertiary/aromatic N) is 1. The summed E-state index contributed by atoms with van der Waals surface area (Å²) in [5.41, 5.74) is 4.22. The smallest absolute Gasteiger partial charge is 0.233 e. The molecule has 1 heterocycles. The van der Waals surface area contributed by atoms with Gasteiger partial charge in [0.1, 0.15) is 5.82 Å². The molecule has 0 fully saturated rings. The van der Waals surface area contributed by atoms with Gasteiger partial charge in [-0.15, -0.1) is 0 Å². The van der Waals surface area contributed by atoms with E-state index in [1.54, 1.807) is 12.3 Å². The molecule has 0 aliphatic rings. The number of aryl methyl sites for hydroxylation is 1. The first-order valence-corrected chi connectivity index (χ1v) is 9.36. The van der Waals surface area contributed by atoms with Crippen LogP contribution in [0.15, 0.2) is 36.5 Å². The standard InChI is InChI=1S/C17H23N3O2S/c1-4-5-11-23(21,22)20-17-10-9-15(12-18-17)19-16-8-6-7-13(2)14(16)3/h6-10,12,19H,4-5,11H2,1-3H3,(H,18,20). The van der Waals surface area contributed by atoms with Crippen LogP contribution in [0, 0.1) is 13.8 Å². The number of pyridine rings is 1. The van der Waals surface area contributed by atoms with Gasteiger partial charge in [0.2, 0.25) is 10.0 Å². The number of hydrogen-bond acceptors (Lipinski definition) is 4. The number of hydrogen-bond donors (Lipinski definition) is 2. The van der Waals surface area contributed by atoms with E-state index in [0.29, 0.717) is 12.2 Å². The highest BCUT2D eigenvalue weighted by Crippen LogP contribution is 2.23. The number of nitrogens with one attached hydrogen (secondary N) is 2. The summed E-state index contributed by atoms with van der Waals surface area (Å²) in [7, 11) is -3.31. The average molecular weight is 333 g/mol. The molecule has 0 aliphatic carbocycles. The lowest BCUT2D eigenvalue weighted by atomic mass is 10.1. The van der Waals surface area contributed by atoms with Crippen molar-refractivity contribution in [2.75, 3.05) is 15.8 Å². The van der Waals surface area contributed by atoms with E-state index in [4.69, 9.17) is 0 Å². The van der Waals surface area contributed by atoms with Crippen molar-refractivity contribution in [3.63, 3.8) is 0 Å². The van der Waals surface area contributed by atoms with E-state index >= 15 is 0 Å². The van der Waals surface area contributed by atoms with Gasteiger partial charge in [-0.25, -0.2) is 13.4 Å². The zero-order chi connectivity index (χ0) is 16.9. The Morgan fingerprint density at radius 1 is 1.13 bits per heavy atom. The Labute approximate surface area is 138 Å². The van der Waals surface area contributed by atoms with Crippen molar-refractivity contribution in [3.05, 3.63) is 47.7 Å². The van der Waals surface area contributed by atoms with Gasteiger partial charge in [0.05, 0.1) is 17.6 Å². The van der Waals surface area contributed by atoms with Crippen molar-refractivity contribution >= 4 is 27.2 Å². The van der Waals surface area contributed by atoms with Crippen molar-refractivity contribution in [1.82, 2.24) is 4.98 Å². The van der Waals surface area contributed by atoms with E-state index in [0.717, 1.165) is 17.8 Å². The fourth-order valence-corrected chi connectivity index (χ4v) is 3.33. The molecule has 0 radical (unpaired) electrons. The summed E-state index contributed by atoms with van der Waals surface area (Å²) in [4.78, 5) is 4.17. The van der Waals surface area contributed by atoms with Crippen LogP contribution in [0.4, 0.5) is 17.2 Å². The minimum Gasteiger partial charge on any atom is -0.354 e. The molecule has 0 unspecified atom stereocenters. The second kappa shape index (κ2) is 7.46. The molecule has 1 aromatic heterocycles. The minimum atomic E-state index is -3.31. The highest BCUT2D eigenvalue weighted by Gasteiger charge is 2.10. The predicted octanol–water partition coefficient (Wildman–Crippen LogP) is 3.98. The van der Waals surface area contributed by atoms with Crippen LogP contribution in [0.5, 0.6) is 0 Å². The second-order valence-electron chi connectivity index (χ2n) is 5.58. The molecule has 124 valence electrons. The molecule has 23 heavy (non-hydrogen) atoms. The largest absolute Gasteiger partial charge is 0.354 e. The normalized spacial score (nSPS) is 11.3. The fourth-order valence-electron chi connectivity index (χ4n) is 2.11. The predicted molar refractivity (Wildman–Crippen MR) is 95.8 cm³/mol. The molecule has 2 N–H and O–H groups in total. The van der Waals surface area contributed by atoms with Crippen LogP contribution in [0.3, 0.4) is 0 Å². The van der Waals surface area contributed by atoms with E-state index in [1.807, 2.05) is 25.1 Å². The van der Waals surface area contributed by atoms with E-state index in [2.05, 4.69) is 34.9 Å². The summed E-state index contributed by atoms with van der Waals surface area (Å²) >= 11 is 0. The number of aromatic nitrogens is 1. The lowest BCUT2D eigenvalue weighted by Gasteiger charge is -2.12. The van der Waals surface area contributed by atoms with Crippen LogP contribution in [-0.4, -0.2) is 19.2 Å². The molecule has 0 atom stereocenters. The average Bonchev–Trinajstić information content (AvgIpc) is 2.51. The van der Waals surface area contributed by atoms with Gasteiger partial charge in [-0.05, 0) is 49.6 Å². The van der Waals surface area contributed by atoms with Gasteiger partial charge in [0, 0.05) is 5.69 Å². The van der Waals surface area contributed by atoms with Gasteiger partial charge < -0.3 is 5.32 Å². The highest BCUT2D eigenvalue weighted by molar-refractivity contribution is 7.92. The van der Waals surface area contributed by atoms with Crippen LogP contribution in [0.1, 0.15) is 30.9 Å². The monoisotopic (exact) mass is 333 g/mol. The van der Waals surface area contributed by atoms with Gasteiger partial charge in [-0.2, -0.15) is 0 Å². The van der Waals surface area contributed by atoms with Crippen molar-refractivity contribution in [1.29, 1.82) is 0 Å². The van der Waals surface area contributed by atoms with Crippen molar-refractivity contribution in [3.8, 4) is 0 Å². The van der Waals surface area contributed by atoms with Gasteiger partial charge in [0.25, 0.3) is 0 Å². The first kappa shape index (κ1) is 17.3. The number of rotatable bonds is 7. The quantitative estimate of drug-likeness (QED) is 0.804. The molecule has 0 bridgehead atoms. The summed E-state index contributed by atoms with van der Waals surface area (Å²) in [6.45, 7) is 6.08. The molecule has 0 aliphatic heterocycles. The number of sulfonamides is 1. The third-order valence-corrected chi connectivity index (χ3v) is 5.02. The summed E-state index contributed by atoms with van der Waals surface area (Å²) < 4.78 is 26.2. The van der Waals surface area contributed by atoms with Crippen LogP contribution in [-0.2, 0) is 10.0 Å². The van der Waals surface area contributed by atoms with Crippen molar-refractivity contribution in [2.24, 2.45) is 0 Å². The zero-order valence-electron chi connectivity index (χ0n) is 13.8. The molecule has 0 amide bonds. The third kappa shape index (κ3) is 4.96. The Balaban J connectivity index is 2.06. The first-order chi connectivity index (χ1) is 10.9. The second-order valence-corrected chi connectivity index (χ2v) is 7.42. The van der Waals surface area contributed by atoms with Gasteiger partial charge >= 0.3 is 0 Å². The van der Waals surface area contributed by atoms with Gasteiger partial charge in [-0.1, -0.05) is 25.5 Å².